The van der Waals surface area contributed by atoms with Gasteiger partial charge >= 0.3 is 0 Å². The average molecular weight is 353 g/mol. The molecule has 0 radical (unpaired) electrons. The van der Waals surface area contributed by atoms with E-state index in [1.807, 2.05) is 47.9 Å². The van der Waals surface area contributed by atoms with Crippen molar-refractivity contribution in [2.75, 3.05) is 7.11 Å². The Morgan fingerprint density at radius 1 is 1.25 bits per heavy atom. The summed E-state index contributed by atoms with van der Waals surface area (Å²) in [6.07, 6.45) is 1.81. The molecule has 0 aliphatic rings. The number of hydrogen-bond acceptors (Lipinski definition) is 4. The Balaban J connectivity index is 1.93. The lowest BCUT2D eigenvalue weighted by Crippen LogP contribution is -1.85. The first-order valence-electron chi connectivity index (χ1n) is 7.17. The number of hydrogen-bond donors (Lipinski definition) is 0. The molecule has 118 valence electrons. The second-order valence-corrected chi connectivity index (χ2v) is 6.29. The Morgan fingerprint density at radius 2 is 2.04 bits per heavy atom. The van der Waals surface area contributed by atoms with Crippen LogP contribution in [0.2, 0.25) is 5.02 Å². The fourth-order valence-electron chi connectivity index (χ4n) is 2.18. The van der Waals surface area contributed by atoms with Gasteiger partial charge in [-0.2, -0.15) is 5.26 Å². The molecule has 0 aliphatic heterocycles. The van der Waals surface area contributed by atoms with Gasteiger partial charge in [0.15, 0.2) is 0 Å². The molecule has 3 nitrogen and oxygen atoms in total. The summed E-state index contributed by atoms with van der Waals surface area (Å²) in [5.74, 6) is 0.777. The topological polar surface area (TPSA) is 45.9 Å². The predicted octanol–water partition coefficient (Wildman–Crippen LogP) is 5.54. The van der Waals surface area contributed by atoms with Gasteiger partial charge in [0.05, 0.1) is 18.4 Å². The van der Waals surface area contributed by atoms with Crippen molar-refractivity contribution in [1.29, 1.82) is 5.26 Å². The Kier molecular flexibility index (Phi) is 4.95. The molecule has 3 rings (SSSR count). The highest BCUT2D eigenvalue weighted by atomic mass is 35.5. The lowest BCUT2D eigenvalue weighted by Gasteiger charge is -2.01. The van der Waals surface area contributed by atoms with Crippen molar-refractivity contribution >= 4 is 34.6 Å². The summed E-state index contributed by atoms with van der Waals surface area (Å²) in [5, 5.41) is 12.8. The van der Waals surface area contributed by atoms with Crippen LogP contribution in [0.15, 0.2) is 53.9 Å². The minimum Gasteiger partial charge on any atom is -0.497 e. The van der Waals surface area contributed by atoms with E-state index in [-0.39, 0.29) is 0 Å². The summed E-state index contributed by atoms with van der Waals surface area (Å²) in [7, 11) is 1.63. The Labute approximate surface area is 149 Å². The smallest absolute Gasteiger partial charge is 0.134 e. The Bertz CT molecular complexity index is 923. The van der Waals surface area contributed by atoms with E-state index in [4.69, 9.17) is 16.3 Å². The van der Waals surface area contributed by atoms with Crippen LogP contribution in [0.25, 0.3) is 22.9 Å². The van der Waals surface area contributed by atoms with Crippen molar-refractivity contribution in [3.63, 3.8) is 0 Å². The van der Waals surface area contributed by atoms with E-state index in [2.05, 4.69) is 11.1 Å². The number of ether oxygens (including phenoxy) is 1. The summed E-state index contributed by atoms with van der Waals surface area (Å²) in [5.41, 5.74) is 3.22. The van der Waals surface area contributed by atoms with Gasteiger partial charge in [0.2, 0.25) is 0 Å². The number of halogens is 1. The molecule has 1 aromatic heterocycles. The molecule has 0 aliphatic carbocycles. The molecule has 3 aromatic rings. The minimum absolute atomic E-state index is 0.525. The Morgan fingerprint density at radius 3 is 2.75 bits per heavy atom. The summed E-state index contributed by atoms with van der Waals surface area (Å²) in [6, 6.07) is 17.3. The highest BCUT2D eigenvalue weighted by molar-refractivity contribution is 7.11. The second-order valence-electron chi connectivity index (χ2n) is 4.99. The molecular formula is C19H13ClN2OS. The molecule has 0 saturated carbocycles. The first-order valence-corrected chi connectivity index (χ1v) is 8.43. The number of nitriles is 1. The predicted molar refractivity (Wildman–Crippen MR) is 99.0 cm³/mol. The van der Waals surface area contributed by atoms with Gasteiger partial charge in [0, 0.05) is 16.0 Å². The quantitative estimate of drug-likeness (QED) is 0.579. The molecular weight excluding hydrogens is 340 g/mol. The lowest BCUT2D eigenvalue weighted by atomic mass is 10.1. The van der Waals surface area contributed by atoms with Crippen molar-refractivity contribution < 1.29 is 4.74 Å². The van der Waals surface area contributed by atoms with Gasteiger partial charge in [-0.25, -0.2) is 4.98 Å². The van der Waals surface area contributed by atoms with Gasteiger partial charge in [0.25, 0.3) is 0 Å². The fourth-order valence-corrected chi connectivity index (χ4v) is 3.10. The van der Waals surface area contributed by atoms with Crippen LogP contribution in [0.1, 0.15) is 10.6 Å². The molecule has 24 heavy (non-hydrogen) atoms. The second kappa shape index (κ2) is 7.31. The zero-order valence-electron chi connectivity index (χ0n) is 12.9. The third-order valence-corrected chi connectivity index (χ3v) is 4.53. The van der Waals surface area contributed by atoms with Crippen LogP contribution in [0.4, 0.5) is 0 Å². The molecule has 0 amide bonds. The molecule has 0 spiro atoms. The van der Waals surface area contributed by atoms with Crippen molar-refractivity contribution in [2.24, 2.45) is 0 Å². The molecule has 0 atom stereocenters. The van der Waals surface area contributed by atoms with Gasteiger partial charge in [-0.3, -0.25) is 0 Å². The molecule has 1 heterocycles. The number of benzene rings is 2. The lowest BCUT2D eigenvalue weighted by molar-refractivity contribution is 0.415. The molecule has 0 fully saturated rings. The van der Waals surface area contributed by atoms with Crippen LogP contribution >= 0.6 is 22.9 Å². The van der Waals surface area contributed by atoms with Gasteiger partial charge in [-0.05, 0) is 35.9 Å². The zero-order valence-corrected chi connectivity index (χ0v) is 14.4. The number of thiazole rings is 1. The number of aromatic nitrogens is 1. The number of nitrogens with zero attached hydrogens (tertiary/aromatic N) is 2. The number of allylic oxidation sites excluding steroid dienone is 1. The van der Waals surface area contributed by atoms with Gasteiger partial charge < -0.3 is 4.74 Å². The maximum absolute atomic E-state index is 9.46. The SMILES string of the molecule is COc1cccc(-c2csc(/C(C#N)=C/c3ccc(Cl)cc3)n2)c1. The molecule has 5 heteroatoms. The van der Waals surface area contributed by atoms with Crippen LogP contribution in [-0.4, -0.2) is 12.1 Å². The van der Waals surface area contributed by atoms with Crippen molar-refractivity contribution in [1.82, 2.24) is 4.98 Å². The maximum atomic E-state index is 9.46. The van der Waals surface area contributed by atoms with Crippen molar-refractivity contribution in [2.45, 2.75) is 0 Å². The summed E-state index contributed by atoms with van der Waals surface area (Å²) >= 11 is 7.33. The van der Waals surface area contributed by atoms with Crippen LogP contribution in [0.3, 0.4) is 0 Å². The van der Waals surface area contributed by atoms with Crippen LogP contribution in [-0.2, 0) is 0 Å². The molecule has 0 bridgehead atoms. The zero-order chi connectivity index (χ0) is 16.9. The fraction of sp³-hybridized carbons (Fsp3) is 0.0526. The van der Waals surface area contributed by atoms with Gasteiger partial charge in [0.1, 0.15) is 16.8 Å². The van der Waals surface area contributed by atoms with Crippen molar-refractivity contribution in [3.05, 3.63) is 69.5 Å². The van der Waals surface area contributed by atoms with E-state index in [9.17, 15) is 5.26 Å². The van der Waals surface area contributed by atoms with Crippen molar-refractivity contribution in [3.8, 4) is 23.1 Å². The third kappa shape index (κ3) is 3.65. The van der Waals surface area contributed by atoms with E-state index in [1.165, 1.54) is 11.3 Å². The number of rotatable bonds is 4. The first-order chi connectivity index (χ1) is 11.7. The maximum Gasteiger partial charge on any atom is 0.134 e. The largest absolute Gasteiger partial charge is 0.497 e. The highest BCUT2D eigenvalue weighted by Gasteiger charge is 2.09. The molecule has 0 saturated heterocycles. The minimum atomic E-state index is 0.525. The highest BCUT2D eigenvalue weighted by Crippen LogP contribution is 2.29. The molecule has 0 N–H and O–H groups in total. The third-order valence-electron chi connectivity index (χ3n) is 3.40. The molecule has 2 aromatic carbocycles. The average Bonchev–Trinajstić information content (AvgIpc) is 3.11. The van der Waals surface area contributed by atoms with Crippen LogP contribution in [0.5, 0.6) is 5.75 Å². The van der Waals surface area contributed by atoms with E-state index >= 15 is 0 Å². The summed E-state index contributed by atoms with van der Waals surface area (Å²) in [6.45, 7) is 0. The van der Waals surface area contributed by atoms with Gasteiger partial charge in [-0.15, -0.1) is 11.3 Å². The van der Waals surface area contributed by atoms with E-state index in [0.29, 0.717) is 15.6 Å². The normalized spacial score (nSPS) is 11.1. The van der Waals surface area contributed by atoms with E-state index in [1.54, 1.807) is 19.2 Å². The summed E-state index contributed by atoms with van der Waals surface area (Å²) < 4.78 is 5.24. The Hall–Kier alpha value is -2.61. The van der Waals surface area contributed by atoms with Crippen LogP contribution in [0, 0.1) is 11.3 Å². The number of methoxy groups -OCH3 is 1. The first kappa shape index (κ1) is 16.3. The van der Waals surface area contributed by atoms with E-state index in [0.717, 1.165) is 22.6 Å². The van der Waals surface area contributed by atoms with E-state index < -0.39 is 0 Å². The monoisotopic (exact) mass is 352 g/mol. The van der Waals surface area contributed by atoms with Crippen LogP contribution < -0.4 is 4.74 Å². The van der Waals surface area contributed by atoms with Gasteiger partial charge in [-0.1, -0.05) is 35.9 Å². The summed E-state index contributed by atoms with van der Waals surface area (Å²) in [4.78, 5) is 4.59. The molecule has 0 unspecified atom stereocenters. The standard InChI is InChI=1S/C19H13ClN2OS/c1-23-17-4-2-3-14(10-17)18-12-24-19(22-18)15(11-21)9-13-5-7-16(20)8-6-13/h2-10,12H,1H3/b15-9+.